The minimum Gasteiger partial charge on any atom is -0.392 e. The summed E-state index contributed by atoms with van der Waals surface area (Å²) in [6, 6.07) is 4.11. The molecule has 0 saturated heterocycles. The average Bonchev–Trinajstić information content (AvgIpc) is 2.69. The first-order valence-electron chi connectivity index (χ1n) is 5.43. The molecule has 0 fully saturated rings. The van der Waals surface area contributed by atoms with Crippen molar-refractivity contribution < 1.29 is 5.11 Å². The summed E-state index contributed by atoms with van der Waals surface area (Å²) < 4.78 is 0. The summed E-state index contributed by atoms with van der Waals surface area (Å²) in [4.78, 5) is 4.40. The van der Waals surface area contributed by atoms with Crippen LogP contribution in [0.2, 0.25) is 0 Å². The molecule has 1 aromatic heterocycles. The van der Waals surface area contributed by atoms with Gasteiger partial charge in [0.05, 0.1) is 6.10 Å². The molecule has 2 rings (SSSR count). The molecule has 2 atom stereocenters. The fourth-order valence-corrected chi connectivity index (χ4v) is 2.74. The Labute approximate surface area is 95.1 Å². The second-order valence-electron chi connectivity index (χ2n) is 4.04. The predicted molar refractivity (Wildman–Crippen MR) is 64.3 cm³/mol. The zero-order valence-electron chi connectivity index (χ0n) is 9.02. The lowest BCUT2D eigenvalue weighted by Crippen LogP contribution is -2.18. The van der Waals surface area contributed by atoms with Crippen molar-refractivity contribution in [1.82, 2.24) is 4.98 Å². The van der Waals surface area contributed by atoms with Gasteiger partial charge in [0, 0.05) is 17.8 Å². The van der Waals surface area contributed by atoms with Gasteiger partial charge in [0.25, 0.3) is 0 Å². The zero-order chi connectivity index (χ0) is 10.7. The normalized spacial score (nSPS) is 21.3. The van der Waals surface area contributed by atoms with Crippen LogP contribution in [0.15, 0.2) is 18.3 Å². The van der Waals surface area contributed by atoms with Crippen molar-refractivity contribution in [3.8, 4) is 0 Å². The molecular formula is C12H17NOS. The predicted octanol–water partition coefficient (Wildman–Crippen LogP) is 2.23. The minimum atomic E-state index is -0.214. The molecule has 2 nitrogen and oxygen atoms in total. The smallest absolute Gasteiger partial charge is 0.0631 e. The van der Waals surface area contributed by atoms with Gasteiger partial charge >= 0.3 is 0 Å². The van der Waals surface area contributed by atoms with Crippen molar-refractivity contribution in [3.63, 3.8) is 0 Å². The first kappa shape index (κ1) is 11.0. The number of aryl methyl sites for hydroxylation is 1. The van der Waals surface area contributed by atoms with Crippen molar-refractivity contribution in [3.05, 3.63) is 29.6 Å². The Morgan fingerprint density at radius 2 is 2.53 bits per heavy atom. The van der Waals surface area contributed by atoms with Crippen molar-refractivity contribution in [1.29, 1.82) is 0 Å². The van der Waals surface area contributed by atoms with E-state index in [0.717, 1.165) is 30.7 Å². The topological polar surface area (TPSA) is 33.1 Å². The average molecular weight is 223 g/mol. The summed E-state index contributed by atoms with van der Waals surface area (Å²) in [5.74, 6) is 1.30. The van der Waals surface area contributed by atoms with Crippen molar-refractivity contribution >= 4 is 11.8 Å². The fourth-order valence-electron chi connectivity index (χ4n) is 2.26. The Bertz CT molecular complexity index is 329. The maximum Gasteiger partial charge on any atom is 0.0631 e. The van der Waals surface area contributed by atoms with E-state index in [4.69, 9.17) is 0 Å². The number of pyridine rings is 1. The standard InChI is InChI=1S/C12H17NOS/c1-15-8-6-11(14)10-5-4-9-3-2-7-13-12(9)10/h2-3,7,10-11,14H,4-6,8H2,1H3. The Morgan fingerprint density at radius 3 is 3.33 bits per heavy atom. The van der Waals surface area contributed by atoms with E-state index in [0.29, 0.717) is 0 Å². The fraction of sp³-hybridized carbons (Fsp3) is 0.583. The molecule has 15 heavy (non-hydrogen) atoms. The van der Waals surface area contributed by atoms with E-state index < -0.39 is 0 Å². The highest BCUT2D eigenvalue weighted by Crippen LogP contribution is 2.34. The van der Waals surface area contributed by atoms with Gasteiger partial charge in [-0.3, -0.25) is 4.98 Å². The number of fused-ring (bicyclic) bond motifs is 1. The monoisotopic (exact) mass is 223 g/mol. The summed E-state index contributed by atoms with van der Waals surface area (Å²) in [6.07, 6.45) is 6.70. The summed E-state index contributed by atoms with van der Waals surface area (Å²) in [5, 5.41) is 10.1. The van der Waals surface area contributed by atoms with E-state index in [-0.39, 0.29) is 12.0 Å². The molecule has 0 aliphatic heterocycles. The van der Waals surface area contributed by atoms with Crippen molar-refractivity contribution in [2.45, 2.75) is 31.3 Å². The lowest BCUT2D eigenvalue weighted by Gasteiger charge is -2.17. The molecule has 1 aliphatic rings. The molecule has 1 N–H and O–H groups in total. The second-order valence-corrected chi connectivity index (χ2v) is 5.03. The van der Waals surface area contributed by atoms with E-state index in [1.807, 2.05) is 12.3 Å². The van der Waals surface area contributed by atoms with Gasteiger partial charge in [0.2, 0.25) is 0 Å². The third-order valence-electron chi connectivity index (χ3n) is 3.08. The van der Waals surface area contributed by atoms with Gasteiger partial charge in [-0.1, -0.05) is 6.07 Å². The van der Waals surface area contributed by atoms with Crippen molar-refractivity contribution in [2.24, 2.45) is 0 Å². The minimum absolute atomic E-state index is 0.214. The molecular weight excluding hydrogens is 206 g/mol. The first-order valence-corrected chi connectivity index (χ1v) is 6.83. The molecule has 0 radical (unpaired) electrons. The Hall–Kier alpha value is -0.540. The number of aliphatic hydroxyl groups is 1. The Morgan fingerprint density at radius 1 is 1.67 bits per heavy atom. The number of hydrogen-bond acceptors (Lipinski definition) is 3. The zero-order valence-corrected chi connectivity index (χ0v) is 9.83. The SMILES string of the molecule is CSCCC(O)C1CCc2cccnc21. The van der Waals surface area contributed by atoms with E-state index in [2.05, 4.69) is 17.3 Å². The lowest BCUT2D eigenvalue weighted by molar-refractivity contribution is 0.138. The van der Waals surface area contributed by atoms with Gasteiger partial charge in [-0.05, 0) is 42.9 Å². The number of aromatic nitrogens is 1. The van der Waals surface area contributed by atoms with Gasteiger partial charge in [-0.2, -0.15) is 11.8 Å². The Kier molecular flexibility index (Phi) is 3.65. The van der Waals surface area contributed by atoms with Crippen LogP contribution >= 0.6 is 11.8 Å². The lowest BCUT2D eigenvalue weighted by atomic mass is 9.98. The van der Waals surface area contributed by atoms with E-state index in [1.165, 1.54) is 5.56 Å². The third kappa shape index (κ3) is 2.34. The molecule has 0 bridgehead atoms. The van der Waals surface area contributed by atoms with E-state index in [9.17, 15) is 5.11 Å². The molecule has 82 valence electrons. The molecule has 0 aromatic carbocycles. The molecule has 0 spiro atoms. The largest absolute Gasteiger partial charge is 0.392 e. The van der Waals surface area contributed by atoms with Gasteiger partial charge in [-0.25, -0.2) is 0 Å². The maximum absolute atomic E-state index is 10.1. The highest BCUT2D eigenvalue weighted by molar-refractivity contribution is 7.98. The molecule has 0 saturated carbocycles. The Balaban J connectivity index is 2.06. The molecule has 0 amide bonds. The number of rotatable bonds is 4. The summed E-state index contributed by atoms with van der Waals surface area (Å²) in [5.41, 5.74) is 2.46. The van der Waals surface area contributed by atoms with Crippen LogP contribution in [0.4, 0.5) is 0 Å². The van der Waals surface area contributed by atoms with E-state index in [1.54, 1.807) is 11.8 Å². The van der Waals surface area contributed by atoms with Gasteiger partial charge in [0.15, 0.2) is 0 Å². The molecule has 3 heteroatoms. The maximum atomic E-state index is 10.1. The molecule has 1 aliphatic carbocycles. The van der Waals surface area contributed by atoms with Crippen molar-refractivity contribution in [2.75, 3.05) is 12.0 Å². The van der Waals surface area contributed by atoms with Gasteiger partial charge in [0.1, 0.15) is 0 Å². The molecule has 1 aromatic rings. The number of thioether (sulfide) groups is 1. The second kappa shape index (κ2) is 4.99. The van der Waals surface area contributed by atoms with Crippen LogP contribution in [0.3, 0.4) is 0 Å². The summed E-state index contributed by atoms with van der Waals surface area (Å²) >= 11 is 1.79. The third-order valence-corrected chi connectivity index (χ3v) is 3.73. The van der Waals surface area contributed by atoms with Crippen LogP contribution in [-0.4, -0.2) is 28.2 Å². The number of hydrogen-bond donors (Lipinski definition) is 1. The quantitative estimate of drug-likeness (QED) is 0.849. The number of aliphatic hydroxyl groups excluding tert-OH is 1. The molecule has 1 heterocycles. The van der Waals surface area contributed by atoms with Gasteiger partial charge < -0.3 is 5.11 Å². The van der Waals surface area contributed by atoms with Crippen LogP contribution in [0, 0.1) is 0 Å². The van der Waals surface area contributed by atoms with Crippen LogP contribution in [-0.2, 0) is 6.42 Å². The van der Waals surface area contributed by atoms with Crippen LogP contribution < -0.4 is 0 Å². The van der Waals surface area contributed by atoms with Crippen LogP contribution in [0.25, 0.3) is 0 Å². The highest BCUT2D eigenvalue weighted by atomic mass is 32.2. The summed E-state index contributed by atoms with van der Waals surface area (Å²) in [7, 11) is 0. The summed E-state index contributed by atoms with van der Waals surface area (Å²) in [6.45, 7) is 0. The highest BCUT2D eigenvalue weighted by Gasteiger charge is 2.29. The first-order chi connectivity index (χ1) is 7.33. The van der Waals surface area contributed by atoms with E-state index >= 15 is 0 Å². The van der Waals surface area contributed by atoms with Gasteiger partial charge in [-0.15, -0.1) is 0 Å². The number of nitrogens with zero attached hydrogens (tertiary/aromatic N) is 1. The van der Waals surface area contributed by atoms with Crippen LogP contribution in [0.1, 0.15) is 30.0 Å². The molecule has 2 unspecified atom stereocenters. The van der Waals surface area contributed by atoms with Crippen LogP contribution in [0.5, 0.6) is 0 Å².